The van der Waals surface area contributed by atoms with Crippen molar-refractivity contribution in [2.75, 3.05) is 13.2 Å². The van der Waals surface area contributed by atoms with Crippen LogP contribution in [-0.4, -0.2) is 37.2 Å². The summed E-state index contributed by atoms with van der Waals surface area (Å²) in [6.45, 7) is 0.775. The maximum atomic E-state index is 12.2. The van der Waals surface area contributed by atoms with Gasteiger partial charge in [0.25, 0.3) is 0 Å². The van der Waals surface area contributed by atoms with Crippen LogP contribution >= 0.6 is 31.9 Å². The lowest BCUT2D eigenvalue weighted by Gasteiger charge is -2.18. The zero-order valence-electron chi connectivity index (χ0n) is 14.3. The van der Waals surface area contributed by atoms with Crippen molar-refractivity contribution < 1.29 is 28.6 Å². The molecule has 0 fully saturated rings. The largest absolute Gasteiger partial charge is 0.462 e. The van der Waals surface area contributed by atoms with Gasteiger partial charge in [-0.2, -0.15) is 0 Å². The van der Waals surface area contributed by atoms with Crippen LogP contribution in [0, 0.1) is 0 Å². The minimum absolute atomic E-state index is 0.217. The van der Waals surface area contributed by atoms with Crippen LogP contribution in [0.3, 0.4) is 0 Å². The number of hydrogen-bond acceptors (Lipinski definition) is 6. The van der Waals surface area contributed by atoms with Gasteiger partial charge in [-0.3, -0.25) is 4.79 Å². The number of carbonyl (C=O) groups excluding carboxylic acids is 3. The van der Waals surface area contributed by atoms with Crippen LogP contribution in [0.1, 0.15) is 27.6 Å². The number of esters is 3. The second kappa shape index (κ2) is 10.2. The maximum absolute atomic E-state index is 12.2. The topological polar surface area (TPSA) is 78.9 Å². The molecule has 0 spiro atoms. The quantitative estimate of drug-likeness (QED) is 0.420. The molecule has 2 aromatic carbocycles. The van der Waals surface area contributed by atoms with Crippen LogP contribution in [0.25, 0.3) is 0 Å². The molecule has 0 amide bonds. The molecule has 0 aliphatic heterocycles. The summed E-state index contributed by atoms with van der Waals surface area (Å²) in [6.07, 6.45) is -0.926. The molecule has 142 valence electrons. The summed E-state index contributed by atoms with van der Waals surface area (Å²) in [5, 5.41) is 0. The van der Waals surface area contributed by atoms with Gasteiger partial charge in [0, 0.05) is 15.9 Å². The van der Waals surface area contributed by atoms with Crippen molar-refractivity contribution in [3.63, 3.8) is 0 Å². The summed E-state index contributed by atoms with van der Waals surface area (Å²) in [6, 6.07) is 13.2. The van der Waals surface area contributed by atoms with Gasteiger partial charge in [0.1, 0.15) is 13.2 Å². The molecule has 0 aliphatic rings. The van der Waals surface area contributed by atoms with Gasteiger partial charge in [-0.1, -0.05) is 31.9 Å². The Morgan fingerprint density at radius 3 is 1.70 bits per heavy atom. The first-order valence-electron chi connectivity index (χ1n) is 7.87. The van der Waals surface area contributed by atoms with E-state index in [1.54, 1.807) is 48.5 Å². The van der Waals surface area contributed by atoms with Crippen LogP contribution in [0.5, 0.6) is 0 Å². The van der Waals surface area contributed by atoms with E-state index in [0.717, 1.165) is 8.95 Å². The number of halogens is 2. The van der Waals surface area contributed by atoms with E-state index in [1.165, 1.54) is 6.92 Å². The molecule has 0 aromatic heterocycles. The van der Waals surface area contributed by atoms with E-state index in [-0.39, 0.29) is 13.2 Å². The predicted octanol–water partition coefficient (Wildman–Crippen LogP) is 4.16. The Kier molecular flexibility index (Phi) is 7.99. The van der Waals surface area contributed by atoms with E-state index in [1.807, 2.05) is 0 Å². The molecule has 0 radical (unpaired) electrons. The Bertz CT molecular complexity index is 802. The zero-order valence-corrected chi connectivity index (χ0v) is 17.5. The number of rotatable bonds is 7. The molecule has 8 heteroatoms. The Hall–Kier alpha value is -2.19. The van der Waals surface area contributed by atoms with Gasteiger partial charge >= 0.3 is 17.9 Å². The van der Waals surface area contributed by atoms with Crippen molar-refractivity contribution in [1.82, 2.24) is 0 Å². The number of hydrogen-bond donors (Lipinski definition) is 0. The molecule has 0 heterocycles. The minimum Gasteiger partial charge on any atom is -0.462 e. The first-order valence-corrected chi connectivity index (χ1v) is 9.46. The van der Waals surface area contributed by atoms with Gasteiger partial charge in [-0.25, -0.2) is 9.59 Å². The highest BCUT2D eigenvalue weighted by molar-refractivity contribution is 9.10. The van der Waals surface area contributed by atoms with E-state index >= 15 is 0 Å². The van der Waals surface area contributed by atoms with Crippen LogP contribution in [0.15, 0.2) is 57.5 Å². The molecule has 0 aliphatic carbocycles. The molecular formula is C19H16Br2O6. The van der Waals surface area contributed by atoms with Crippen molar-refractivity contribution in [2.24, 2.45) is 0 Å². The molecule has 1 atom stereocenters. The first-order chi connectivity index (χ1) is 12.8. The van der Waals surface area contributed by atoms with E-state index in [9.17, 15) is 14.4 Å². The lowest BCUT2D eigenvalue weighted by Crippen LogP contribution is -2.30. The normalized spacial score (nSPS) is 11.4. The van der Waals surface area contributed by atoms with Gasteiger partial charge in [0.05, 0.1) is 11.1 Å². The number of carbonyl (C=O) groups is 3. The maximum Gasteiger partial charge on any atom is 0.338 e. The third kappa shape index (κ3) is 7.15. The average molecular weight is 500 g/mol. The molecule has 2 rings (SSSR count). The standard InChI is InChI=1S/C19H16Br2O6/c1-12(22)25-10-17(27-19(24)14-4-8-16(21)9-5-14)11-26-18(23)13-2-6-15(20)7-3-13/h2-9,17H,10-11H2,1H3/t17-/m0/s1. The zero-order chi connectivity index (χ0) is 19.8. The minimum atomic E-state index is -0.926. The molecule has 0 unspecified atom stereocenters. The van der Waals surface area contributed by atoms with Gasteiger partial charge in [0.15, 0.2) is 6.10 Å². The molecule has 2 aromatic rings. The summed E-state index contributed by atoms with van der Waals surface area (Å²) in [4.78, 5) is 35.4. The van der Waals surface area contributed by atoms with Crippen molar-refractivity contribution in [1.29, 1.82) is 0 Å². The fourth-order valence-electron chi connectivity index (χ4n) is 1.97. The van der Waals surface area contributed by atoms with Crippen LogP contribution < -0.4 is 0 Å². The van der Waals surface area contributed by atoms with Crippen molar-refractivity contribution in [3.8, 4) is 0 Å². The molecular weight excluding hydrogens is 484 g/mol. The van der Waals surface area contributed by atoms with Gasteiger partial charge in [-0.05, 0) is 48.5 Å². The highest BCUT2D eigenvalue weighted by atomic mass is 79.9. The van der Waals surface area contributed by atoms with Crippen LogP contribution in [0.4, 0.5) is 0 Å². The second-order valence-corrected chi connectivity index (χ2v) is 7.27. The molecule has 0 saturated heterocycles. The van der Waals surface area contributed by atoms with Crippen molar-refractivity contribution in [2.45, 2.75) is 13.0 Å². The van der Waals surface area contributed by atoms with Gasteiger partial charge < -0.3 is 14.2 Å². The molecule has 27 heavy (non-hydrogen) atoms. The highest BCUT2D eigenvalue weighted by Gasteiger charge is 2.20. The molecule has 0 saturated carbocycles. The van der Waals surface area contributed by atoms with E-state index in [0.29, 0.717) is 11.1 Å². The predicted molar refractivity (Wildman–Crippen MR) is 104 cm³/mol. The number of ether oxygens (including phenoxy) is 3. The third-order valence-electron chi connectivity index (χ3n) is 3.31. The van der Waals surface area contributed by atoms with Gasteiger partial charge in [-0.15, -0.1) is 0 Å². The number of benzene rings is 2. The van der Waals surface area contributed by atoms with Gasteiger partial charge in [0.2, 0.25) is 0 Å². The van der Waals surface area contributed by atoms with E-state index in [4.69, 9.17) is 14.2 Å². The smallest absolute Gasteiger partial charge is 0.338 e. The van der Waals surface area contributed by atoms with Crippen LogP contribution in [-0.2, 0) is 19.0 Å². The SMILES string of the molecule is CC(=O)OC[C@@H](COC(=O)c1ccc(Br)cc1)OC(=O)c1ccc(Br)cc1. The fraction of sp³-hybridized carbons (Fsp3) is 0.211. The third-order valence-corrected chi connectivity index (χ3v) is 4.36. The Labute approximate surface area is 173 Å². The Morgan fingerprint density at radius 2 is 1.22 bits per heavy atom. The average Bonchev–Trinajstić information content (AvgIpc) is 2.64. The monoisotopic (exact) mass is 498 g/mol. The fourth-order valence-corrected chi connectivity index (χ4v) is 2.50. The van der Waals surface area contributed by atoms with Crippen molar-refractivity contribution >= 4 is 49.8 Å². The molecule has 0 bridgehead atoms. The lowest BCUT2D eigenvalue weighted by atomic mass is 10.2. The van der Waals surface area contributed by atoms with Crippen LogP contribution in [0.2, 0.25) is 0 Å². The van der Waals surface area contributed by atoms with E-state index < -0.39 is 24.0 Å². The van der Waals surface area contributed by atoms with Crippen molar-refractivity contribution in [3.05, 3.63) is 68.6 Å². The molecule has 0 N–H and O–H groups in total. The van der Waals surface area contributed by atoms with E-state index in [2.05, 4.69) is 31.9 Å². The lowest BCUT2D eigenvalue weighted by molar-refractivity contribution is -0.144. The summed E-state index contributed by atoms with van der Waals surface area (Å²) < 4.78 is 17.0. The summed E-state index contributed by atoms with van der Waals surface area (Å²) in [7, 11) is 0. The first kappa shape index (κ1) is 21.1. The highest BCUT2D eigenvalue weighted by Crippen LogP contribution is 2.14. The summed E-state index contributed by atoms with van der Waals surface area (Å²) in [5.74, 6) is -1.71. The second-order valence-electron chi connectivity index (χ2n) is 5.44. The summed E-state index contributed by atoms with van der Waals surface area (Å²) >= 11 is 6.57. The summed E-state index contributed by atoms with van der Waals surface area (Å²) in [5.41, 5.74) is 0.675. The molecule has 6 nitrogen and oxygen atoms in total. The Morgan fingerprint density at radius 1 is 0.778 bits per heavy atom. The Balaban J connectivity index is 1.99.